The molecule has 1 heterocycles. The van der Waals surface area contributed by atoms with Gasteiger partial charge in [-0.05, 0) is 48.4 Å². The lowest BCUT2D eigenvalue weighted by molar-refractivity contribution is 0.0594. The number of hydrogen-bond donors (Lipinski definition) is 0. The van der Waals surface area contributed by atoms with Gasteiger partial charge in [0.25, 0.3) is 0 Å². The van der Waals surface area contributed by atoms with Crippen molar-refractivity contribution in [3.05, 3.63) is 101 Å². The zero-order valence-corrected chi connectivity index (χ0v) is 17.5. The van der Waals surface area contributed by atoms with Crippen LogP contribution in [0.1, 0.15) is 27.2 Å². The van der Waals surface area contributed by atoms with Gasteiger partial charge >= 0.3 is 5.97 Å². The van der Waals surface area contributed by atoms with Crippen LogP contribution in [0.15, 0.2) is 78.9 Å². The van der Waals surface area contributed by atoms with Gasteiger partial charge < -0.3 is 14.2 Å². The Labute approximate surface area is 181 Å². The largest absolute Gasteiger partial charge is 0.488 e. The van der Waals surface area contributed by atoms with Crippen LogP contribution in [-0.4, -0.2) is 18.1 Å². The number of carbonyl (C=O) groups is 1. The van der Waals surface area contributed by atoms with Gasteiger partial charge in [-0.1, -0.05) is 48.5 Å². The van der Waals surface area contributed by atoms with Crippen LogP contribution in [0.3, 0.4) is 0 Å². The van der Waals surface area contributed by atoms with Crippen molar-refractivity contribution in [2.24, 2.45) is 0 Å². The predicted octanol–water partition coefficient (Wildman–Crippen LogP) is 5.49. The Kier molecular flexibility index (Phi) is 6.13. The maximum atomic E-state index is 12.1. The highest BCUT2D eigenvalue weighted by Crippen LogP contribution is 2.25. The summed E-state index contributed by atoms with van der Waals surface area (Å²) in [5.74, 6) is 0.820. The van der Waals surface area contributed by atoms with Crippen molar-refractivity contribution >= 4 is 16.9 Å². The molecule has 0 amide bonds. The fourth-order valence-corrected chi connectivity index (χ4v) is 3.36. The number of carbonyl (C=O) groups excluding carboxylic acids is 1. The fraction of sp³-hybridized carbons (Fsp3) is 0.154. The second kappa shape index (κ2) is 9.30. The molecule has 3 aromatic carbocycles. The normalized spacial score (nSPS) is 10.6. The summed E-state index contributed by atoms with van der Waals surface area (Å²) in [6.45, 7) is 2.53. The molecular formula is C26H23NO4. The molecule has 156 valence electrons. The van der Waals surface area contributed by atoms with Gasteiger partial charge in [0.2, 0.25) is 0 Å². The third-order valence-electron chi connectivity index (χ3n) is 4.96. The molecule has 4 rings (SSSR count). The third-order valence-corrected chi connectivity index (χ3v) is 4.96. The summed E-state index contributed by atoms with van der Waals surface area (Å²) >= 11 is 0. The summed E-state index contributed by atoms with van der Waals surface area (Å²) in [6.07, 6.45) is 0. The lowest BCUT2D eigenvalue weighted by atomic mass is 10.1. The second-order valence-electron chi connectivity index (χ2n) is 7.16. The Morgan fingerprint density at radius 2 is 1.71 bits per heavy atom. The molecule has 0 spiro atoms. The van der Waals surface area contributed by atoms with Gasteiger partial charge in [0.15, 0.2) is 0 Å². The number of nitrogens with zero attached hydrogens (tertiary/aromatic N) is 1. The van der Waals surface area contributed by atoms with Gasteiger partial charge in [-0.2, -0.15) is 0 Å². The molecular weight excluding hydrogens is 390 g/mol. The zero-order valence-electron chi connectivity index (χ0n) is 17.5. The third kappa shape index (κ3) is 4.83. The molecule has 5 nitrogen and oxygen atoms in total. The average Bonchev–Trinajstić information content (AvgIpc) is 2.81. The van der Waals surface area contributed by atoms with Crippen molar-refractivity contribution in [3.8, 4) is 11.5 Å². The van der Waals surface area contributed by atoms with Crippen molar-refractivity contribution < 1.29 is 19.0 Å². The molecule has 0 aliphatic heterocycles. The maximum absolute atomic E-state index is 12.1. The lowest BCUT2D eigenvalue weighted by Crippen LogP contribution is -2.08. The number of fused-ring (bicyclic) bond motifs is 1. The number of rotatable bonds is 7. The number of pyridine rings is 1. The monoisotopic (exact) mass is 413 g/mol. The van der Waals surface area contributed by atoms with E-state index in [2.05, 4.69) is 4.98 Å². The van der Waals surface area contributed by atoms with Crippen LogP contribution in [0.4, 0.5) is 0 Å². The van der Waals surface area contributed by atoms with E-state index >= 15 is 0 Å². The van der Waals surface area contributed by atoms with E-state index in [4.69, 9.17) is 14.2 Å². The van der Waals surface area contributed by atoms with Gasteiger partial charge in [0, 0.05) is 5.39 Å². The van der Waals surface area contributed by atoms with Gasteiger partial charge in [-0.3, -0.25) is 0 Å². The van der Waals surface area contributed by atoms with E-state index in [0.717, 1.165) is 33.5 Å². The molecule has 0 saturated carbocycles. The summed E-state index contributed by atoms with van der Waals surface area (Å²) < 4.78 is 16.7. The average molecular weight is 413 g/mol. The van der Waals surface area contributed by atoms with Crippen molar-refractivity contribution in [1.82, 2.24) is 4.98 Å². The summed E-state index contributed by atoms with van der Waals surface area (Å²) in [5, 5.41) is 1.10. The van der Waals surface area contributed by atoms with E-state index in [1.807, 2.05) is 79.7 Å². The van der Waals surface area contributed by atoms with E-state index in [1.54, 1.807) is 6.07 Å². The highest BCUT2D eigenvalue weighted by molar-refractivity contribution is 5.94. The lowest BCUT2D eigenvalue weighted by Gasteiger charge is -2.13. The highest BCUT2D eigenvalue weighted by Gasteiger charge is 2.16. The molecule has 0 N–H and O–H groups in total. The molecule has 0 unspecified atom stereocenters. The number of para-hydroxylation sites is 1. The van der Waals surface area contributed by atoms with Gasteiger partial charge in [0.05, 0.1) is 18.3 Å². The van der Waals surface area contributed by atoms with Gasteiger partial charge in [0.1, 0.15) is 30.3 Å². The molecule has 0 aliphatic carbocycles. The van der Waals surface area contributed by atoms with Crippen LogP contribution in [-0.2, 0) is 18.0 Å². The van der Waals surface area contributed by atoms with E-state index in [1.165, 1.54) is 7.11 Å². The van der Waals surface area contributed by atoms with E-state index in [0.29, 0.717) is 24.5 Å². The minimum absolute atomic E-state index is 0.304. The predicted molar refractivity (Wildman–Crippen MR) is 119 cm³/mol. The van der Waals surface area contributed by atoms with Gasteiger partial charge in [-0.15, -0.1) is 0 Å². The highest BCUT2D eigenvalue weighted by atomic mass is 16.5. The molecule has 0 aliphatic rings. The zero-order chi connectivity index (χ0) is 21.6. The number of aromatic nitrogens is 1. The van der Waals surface area contributed by atoms with Crippen LogP contribution in [0.5, 0.6) is 11.5 Å². The molecule has 31 heavy (non-hydrogen) atoms. The molecule has 4 aromatic rings. The summed E-state index contributed by atoms with van der Waals surface area (Å²) in [5.41, 5.74) is 4.00. The first-order valence-electron chi connectivity index (χ1n) is 10.0. The molecule has 1 aromatic heterocycles. The number of ether oxygens (including phenoxy) is 3. The molecule has 0 fully saturated rings. The van der Waals surface area contributed by atoms with E-state index in [9.17, 15) is 4.79 Å². The Morgan fingerprint density at radius 3 is 2.58 bits per heavy atom. The molecule has 0 saturated heterocycles. The Hall–Kier alpha value is -3.86. The topological polar surface area (TPSA) is 57.7 Å². The Balaban J connectivity index is 1.43. The summed E-state index contributed by atoms with van der Waals surface area (Å²) in [6, 6.07) is 25.2. The number of aryl methyl sites for hydroxylation is 1. The SMILES string of the molecule is COC(=O)c1c(C)cccc1OCc1cccc(OCc2ccc3ccccc3n2)c1. The number of benzene rings is 3. The van der Waals surface area contributed by atoms with Crippen LogP contribution >= 0.6 is 0 Å². The quantitative estimate of drug-likeness (QED) is 0.375. The number of esters is 1. The van der Waals surface area contributed by atoms with Crippen LogP contribution in [0.25, 0.3) is 10.9 Å². The summed E-state index contributed by atoms with van der Waals surface area (Å²) in [7, 11) is 1.36. The van der Waals surface area contributed by atoms with Crippen LogP contribution < -0.4 is 9.47 Å². The van der Waals surface area contributed by atoms with E-state index in [-0.39, 0.29) is 0 Å². The van der Waals surface area contributed by atoms with Gasteiger partial charge in [-0.25, -0.2) is 9.78 Å². The maximum Gasteiger partial charge on any atom is 0.341 e. The van der Waals surface area contributed by atoms with Crippen molar-refractivity contribution in [2.45, 2.75) is 20.1 Å². The minimum atomic E-state index is -0.409. The summed E-state index contributed by atoms with van der Waals surface area (Å²) in [4.78, 5) is 16.7. The fourth-order valence-electron chi connectivity index (χ4n) is 3.36. The minimum Gasteiger partial charge on any atom is -0.488 e. The number of methoxy groups -OCH3 is 1. The number of hydrogen-bond acceptors (Lipinski definition) is 5. The molecule has 0 radical (unpaired) electrons. The van der Waals surface area contributed by atoms with E-state index < -0.39 is 5.97 Å². The van der Waals surface area contributed by atoms with Crippen molar-refractivity contribution in [3.63, 3.8) is 0 Å². The van der Waals surface area contributed by atoms with Crippen molar-refractivity contribution in [1.29, 1.82) is 0 Å². The van der Waals surface area contributed by atoms with Crippen molar-refractivity contribution in [2.75, 3.05) is 7.11 Å². The molecule has 5 heteroatoms. The first-order valence-corrected chi connectivity index (χ1v) is 10.0. The first kappa shape index (κ1) is 20.4. The second-order valence-corrected chi connectivity index (χ2v) is 7.16. The Bertz CT molecular complexity index is 1220. The molecule has 0 bridgehead atoms. The standard InChI is InChI=1S/C26H23NO4/c1-18-7-5-12-24(25(18)26(28)29-2)31-16-19-8-6-10-22(15-19)30-17-21-14-13-20-9-3-4-11-23(20)27-21/h3-15H,16-17H2,1-2H3. The molecule has 0 atom stereocenters. The first-order chi connectivity index (χ1) is 15.1. The smallest absolute Gasteiger partial charge is 0.341 e. The van der Waals surface area contributed by atoms with Crippen LogP contribution in [0.2, 0.25) is 0 Å². The Morgan fingerprint density at radius 1 is 0.871 bits per heavy atom. The van der Waals surface area contributed by atoms with Crippen LogP contribution in [0, 0.1) is 6.92 Å².